The zero-order valence-electron chi connectivity index (χ0n) is 20.3. The summed E-state index contributed by atoms with van der Waals surface area (Å²) in [4.78, 5) is 24.3. The first-order valence-corrected chi connectivity index (χ1v) is 12.3. The van der Waals surface area contributed by atoms with Gasteiger partial charge in [0.2, 0.25) is 0 Å². The third-order valence-electron chi connectivity index (χ3n) is 7.51. The Hall–Kier alpha value is -3.30. The number of hydrogen-bond acceptors (Lipinski definition) is 7. The second-order valence-electron chi connectivity index (χ2n) is 10.3. The number of rotatable bonds is 4. The van der Waals surface area contributed by atoms with Gasteiger partial charge in [-0.05, 0) is 68.5 Å². The van der Waals surface area contributed by atoms with Crippen LogP contribution < -0.4 is 11.1 Å². The largest absolute Gasteiger partial charge is 0.381 e. The molecule has 2 aromatic heterocycles. The molecule has 6 rings (SSSR count). The van der Waals surface area contributed by atoms with Gasteiger partial charge in [0.05, 0.1) is 23.7 Å². The summed E-state index contributed by atoms with van der Waals surface area (Å²) in [6.07, 6.45) is 9.07. The molecule has 0 unspecified atom stereocenters. The fraction of sp³-hybridized carbons (Fsp3) is 0.462. The average Bonchev–Trinajstić information content (AvgIpc) is 3.40. The molecule has 0 atom stereocenters. The molecule has 4 heterocycles. The summed E-state index contributed by atoms with van der Waals surface area (Å²) in [5.41, 5.74) is 12.9. The number of likely N-dealkylation sites (N-methyl/N-ethyl adjacent to an activating group) is 1. The topological polar surface area (TPSA) is 111 Å². The maximum absolute atomic E-state index is 12.7. The Morgan fingerprint density at radius 1 is 1.23 bits per heavy atom. The van der Waals surface area contributed by atoms with Crippen molar-refractivity contribution >= 4 is 11.7 Å². The van der Waals surface area contributed by atoms with Crippen LogP contribution >= 0.6 is 0 Å². The van der Waals surface area contributed by atoms with E-state index in [1.54, 1.807) is 12.4 Å². The summed E-state index contributed by atoms with van der Waals surface area (Å²) < 4.78 is 6.90. The van der Waals surface area contributed by atoms with Gasteiger partial charge < -0.3 is 20.7 Å². The van der Waals surface area contributed by atoms with Crippen molar-refractivity contribution in [3.8, 4) is 17.1 Å². The van der Waals surface area contributed by atoms with Crippen molar-refractivity contribution in [2.24, 2.45) is 0 Å². The van der Waals surface area contributed by atoms with Gasteiger partial charge in [0.25, 0.3) is 5.91 Å². The lowest BCUT2D eigenvalue weighted by Crippen LogP contribution is -2.38. The van der Waals surface area contributed by atoms with Crippen LogP contribution in [0.25, 0.3) is 17.1 Å². The number of nitrogens with one attached hydrogen (secondary N) is 1. The molecule has 2 fully saturated rings. The molecule has 1 aliphatic carbocycles. The Morgan fingerprint density at radius 2 is 2.03 bits per heavy atom. The minimum absolute atomic E-state index is 0.119. The minimum atomic E-state index is -0.158. The normalized spacial score (nSPS) is 19.5. The van der Waals surface area contributed by atoms with E-state index in [4.69, 9.17) is 15.5 Å². The Morgan fingerprint density at radius 3 is 2.80 bits per heavy atom. The number of ether oxygens (including phenoxy) is 1. The van der Waals surface area contributed by atoms with Crippen LogP contribution in [0.15, 0.2) is 30.7 Å². The number of carbonyl (C=O) groups excluding carboxylic acids is 1. The van der Waals surface area contributed by atoms with E-state index in [1.807, 2.05) is 0 Å². The number of hydrogen-bond donors (Lipinski definition) is 2. The SMILES string of the molecule is Cc1cc(-c2cnc(N)c(-n3cc(C(=O)NC4CCOCC4)cn3)n2)cc2c1C1(CC1)CN(C)C2. The van der Waals surface area contributed by atoms with E-state index in [-0.39, 0.29) is 17.8 Å². The maximum atomic E-state index is 12.7. The van der Waals surface area contributed by atoms with Gasteiger partial charge in [0, 0.05) is 49.5 Å². The average molecular weight is 474 g/mol. The monoisotopic (exact) mass is 473 g/mol. The molecule has 1 saturated carbocycles. The zero-order valence-corrected chi connectivity index (χ0v) is 20.3. The second kappa shape index (κ2) is 8.42. The summed E-state index contributed by atoms with van der Waals surface area (Å²) in [5.74, 6) is 0.521. The van der Waals surface area contributed by atoms with Gasteiger partial charge >= 0.3 is 0 Å². The number of benzene rings is 1. The number of aryl methyl sites for hydroxylation is 1. The highest BCUT2D eigenvalue weighted by molar-refractivity contribution is 5.94. The molecule has 0 bridgehead atoms. The molecule has 0 radical (unpaired) electrons. The fourth-order valence-corrected chi connectivity index (χ4v) is 5.76. The predicted octanol–water partition coefficient (Wildman–Crippen LogP) is 2.61. The summed E-state index contributed by atoms with van der Waals surface area (Å²) >= 11 is 0. The third-order valence-corrected chi connectivity index (χ3v) is 7.51. The Kier molecular flexibility index (Phi) is 5.34. The number of fused-ring (bicyclic) bond motifs is 2. The summed E-state index contributed by atoms with van der Waals surface area (Å²) in [5, 5.41) is 7.42. The molecule has 9 nitrogen and oxygen atoms in total. The molecule has 1 spiro atoms. The first kappa shape index (κ1) is 22.2. The molecule has 3 aliphatic rings. The highest BCUT2D eigenvalue weighted by Crippen LogP contribution is 2.53. The summed E-state index contributed by atoms with van der Waals surface area (Å²) in [7, 11) is 2.19. The van der Waals surface area contributed by atoms with Gasteiger partial charge in [-0.25, -0.2) is 14.6 Å². The number of nitrogens with two attached hydrogens (primary N) is 1. The standard InChI is InChI=1S/C26H31N7O2/c1-16-9-17(10-18-13-32(2)15-26(5-6-26)22(16)18)21-12-28-23(27)24(31-21)33-14-19(11-29-33)25(34)30-20-3-7-35-8-4-20/h9-12,14,20H,3-8,13,15H2,1-2H3,(H2,27,28)(H,30,34). The van der Waals surface area contributed by atoms with E-state index in [1.165, 1.54) is 40.4 Å². The molecule has 182 valence electrons. The molecular weight excluding hydrogens is 442 g/mol. The van der Waals surface area contributed by atoms with E-state index in [2.05, 4.69) is 46.4 Å². The van der Waals surface area contributed by atoms with Crippen LogP contribution in [0, 0.1) is 6.92 Å². The van der Waals surface area contributed by atoms with Crippen LogP contribution in [0.3, 0.4) is 0 Å². The highest BCUT2D eigenvalue weighted by atomic mass is 16.5. The maximum Gasteiger partial charge on any atom is 0.254 e. The van der Waals surface area contributed by atoms with E-state index in [9.17, 15) is 4.79 Å². The van der Waals surface area contributed by atoms with E-state index >= 15 is 0 Å². The number of anilines is 1. The first-order valence-electron chi connectivity index (χ1n) is 12.3. The van der Waals surface area contributed by atoms with Crippen LogP contribution in [-0.4, -0.2) is 63.4 Å². The van der Waals surface area contributed by atoms with Crippen LogP contribution in [0.1, 0.15) is 52.7 Å². The van der Waals surface area contributed by atoms with Crippen molar-refractivity contribution < 1.29 is 9.53 Å². The fourth-order valence-electron chi connectivity index (χ4n) is 5.76. The lowest BCUT2D eigenvalue weighted by molar-refractivity contribution is 0.0696. The van der Waals surface area contributed by atoms with Crippen molar-refractivity contribution in [1.29, 1.82) is 0 Å². The lowest BCUT2D eigenvalue weighted by Gasteiger charge is -2.34. The zero-order chi connectivity index (χ0) is 24.2. The van der Waals surface area contributed by atoms with Crippen molar-refractivity contribution in [3.05, 3.63) is 53.0 Å². The Balaban J connectivity index is 1.29. The lowest BCUT2D eigenvalue weighted by atomic mass is 9.82. The van der Waals surface area contributed by atoms with Crippen molar-refractivity contribution in [1.82, 2.24) is 30.0 Å². The smallest absolute Gasteiger partial charge is 0.254 e. The van der Waals surface area contributed by atoms with Gasteiger partial charge in [-0.1, -0.05) is 0 Å². The molecule has 1 aromatic carbocycles. The molecule has 2 aliphatic heterocycles. The number of nitrogens with zero attached hydrogens (tertiary/aromatic N) is 5. The second-order valence-corrected chi connectivity index (χ2v) is 10.3. The van der Waals surface area contributed by atoms with E-state index in [0.717, 1.165) is 37.2 Å². The van der Waals surface area contributed by atoms with Crippen molar-refractivity contribution in [2.75, 3.05) is 32.5 Å². The van der Waals surface area contributed by atoms with Crippen molar-refractivity contribution in [2.45, 2.75) is 50.6 Å². The van der Waals surface area contributed by atoms with Gasteiger partial charge in [-0.2, -0.15) is 5.10 Å². The van der Waals surface area contributed by atoms with Gasteiger partial charge in [0.15, 0.2) is 11.6 Å². The molecular formula is C26H31N7O2. The number of carbonyl (C=O) groups is 1. The summed E-state index contributed by atoms with van der Waals surface area (Å²) in [6.45, 7) is 5.61. The quantitative estimate of drug-likeness (QED) is 0.599. The van der Waals surface area contributed by atoms with Crippen LogP contribution in [0.2, 0.25) is 0 Å². The first-order chi connectivity index (χ1) is 16.9. The van der Waals surface area contributed by atoms with Crippen LogP contribution in [-0.2, 0) is 16.7 Å². The molecule has 3 N–H and O–H groups in total. The Bertz CT molecular complexity index is 1290. The number of amides is 1. The van der Waals surface area contributed by atoms with Crippen LogP contribution in [0.5, 0.6) is 0 Å². The molecule has 9 heteroatoms. The number of aromatic nitrogens is 4. The molecule has 1 saturated heterocycles. The Labute approximate surface area is 204 Å². The van der Waals surface area contributed by atoms with Crippen LogP contribution in [0.4, 0.5) is 5.82 Å². The van der Waals surface area contributed by atoms with Crippen molar-refractivity contribution in [3.63, 3.8) is 0 Å². The predicted molar refractivity (Wildman–Crippen MR) is 132 cm³/mol. The highest BCUT2D eigenvalue weighted by Gasteiger charge is 2.49. The summed E-state index contributed by atoms with van der Waals surface area (Å²) in [6, 6.07) is 4.58. The number of nitrogen functional groups attached to an aromatic ring is 1. The molecule has 35 heavy (non-hydrogen) atoms. The molecule has 1 amide bonds. The third kappa shape index (κ3) is 4.08. The van der Waals surface area contributed by atoms with E-state index in [0.29, 0.717) is 30.0 Å². The van der Waals surface area contributed by atoms with Gasteiger partial charge in [0.1, 0.15) is 0 Å². The van der Waals surface area contributed by atoms with Gasteiger partial charge in [-0.15, -0.1) is 0 Å². The minimum Gasteiger partial charge on any atom is -0.381 e. The molecule has 3 aromatic rings. The van der Waals surface area contributed by atoms with E-state index < -0.39 is 0 Å². The van der Waals surface area contributed by atoms with Gasteiger partial charge in [-0.3, -0.25) is 4.79 Å².